The largest absolute Gasteiger partial charge is 0.393 e. The molecule has 0 spiro atoms. The zero-order valence-corrected chi connectivity index (χ0v) is 24.7. The van der Waals surface area contributed by atoms with Crippen molar-refractivity contribution in [1.82, 2.24) is 9.97 Å². The molecule has 10 atom stereocenters. The van der Waals surface area contributed by atoms with Gasteiger partial charge in [0.1, 0.15) is 22.5 Å². The predicted molar refractivity (Wildman–Crippen MR) is 152 cm³/mol. The summed E-state index contributed by atoms with van der Waals surface area (Å²) in [6, 6.07) is 0. The number of hydrogen-bond acceptors (Lipinski definition) is 4. The molecule has 0 saturated heterocycles. The molecule has 0 aliphatic heterocycles. The fourth-order valence-corrected chi connectivity index (χ4v) is 10.4. The third-order valence-electron chi connectivity index (χ3n) is 12.9. The Morgan fingerprint density at radius 2 is 1.65 bits per heavy atom. The number of aliphatic hydroxyl groups is 2. The van der Waals surface area contributed by atoms with Crippen molar-refractivity contribution >= 4 is 10.9 Å². The van der Waals surface area contributed by atoms with E-state index in [9.17, 15) is 23.8 Å². The smallest absolute Gasteiger partial charge is 0.261 e. The van der Waals surface area contributed by atoms with Crippen molar-refractivity contribution in [2.45, 2.75) is 111 Å². The molecule has 1 aromatic heterocycles. The second kappa shape index (κ2) is 9.86. The molecule has 5 nitrogen and oxygen atoms in total. The molecule has 3 N–H and O–H groups in total. The number of aryl methyl sites for hydroxylation is 1. The van der Waals surface area contributed by atoms with Gasteiger partial charge in [0, 0.05) is 6.42 Å². The van der Waals surface area contributed by atoms with Crippen molar-refractivity contribution in [2.24, 2.45) is 46.3 Å². The first-order valence-corrected chi connectivity index (χ1v) is 15.6. The maximum Gasteiger partial charge on any atom is 0.261 e. The molecule has 4 aliphatic rings. The van der Waals surface area contributed by atoms with Gasteiger partial charge in [0.05, 0.1) is 12.2 Å². The van der Waals surface area contributed by atoms with Crippen molar-refractivity contribution in [2.75, 3.05) is 0 Å². The number of rotatable bonds is 4. The van der Waals surface area contributed by atoms with E-state index in [1.165, 1.54) is 20.3 Å². The summed E-state index contributed by atoms with van der Waals surface area (Å²) in [6.45, 7) is 10.2. The van der Waals surface area contributed by atoms with E-state index in [1.54, 1.807) is 0 Å². The van der Waals surface area contributed by atoms with Crippen LogP contribution in [0.1, 0.15) is 95.5 Å². The quantitative estimate of drug-likeness (QED) is 0.408. The number of halogens is 2. The van der Waals surface area contributed by atoms with Crippen LogP contribution in [0.15, 0.2) is 4.79 Å². The molecule has 4 saturated carbocycles. The number of nitrogens with zero attached hydrogens (tertiary/aromatic N) is 1. The van der Waals surface area contributed by atoms with Crippen LogP contribution in [0, 0.1) is 71.8 Å². The van der Waals surface area contributed by atoms with Gasteiger partial charge < -0.3 is 15.2 Å². The topological polar surface area (TPSA) is 86.2 Å². The molecule has 0 amide bonds. The van der Waals surface area contributed by atoms with Gasteiger partial charge in [-0.2, -0.15) is 0 Å². The first-order chi connectivity index (χ1) is 18.9. The van der Waals surface area contributed by atoms with Crippen LogP contribution in [0.25, 0.3) is 10.9 Å². The molecule has 1 aromatic carbocycles. The maximum atomic E-state index is 15.0. The second-order valence-corrected chi connectivity index (χ2v) is 14.6. The van der Waals surface area contributed by atoms with E-state index in [0.717, 1.165) is 51.4 Å². The summed E-state index contributed by atoms with van der Waals surface area (Å²) in [4.78, 5) is 19.9. The lowest BCUT2D eigenvalue weighted by Crippen LogP contribution is -2.58. The molecule has 0 radical (unpaired) electrons. The number of aliphatic hydroxyl groups excluding tert-OH is 2. The molecule has 7 heteroatoms. The van der Waals surface area contributed by atoms with Crippen LogP contribution in [0.4, 0.5) is 8.78 Å². The van der Waals surface area contributed by atoms with Gasteiger partial charge in [0.25, 0.3) is 5.56 Å². The Bertz CT molecular complexity index is 1380. The summed E-state index contributed by atoms with van der Waals surface area (Å²) in [7, 11) is 0. The van der Waals surface area contributed by atoms with Crippen LogP contribution in [0.3, 0.4) is 0 Å². The van der Waals surface area contributed by atoms with Gasteiger partial charge in [-0.3, -0.25) is 4.79 Å². The van der Waals surface area contributed by atoms with E-state index in [0.29, 0.717) is 47.8 Å². The normalized spacial score (nSPS) is 40.0. The monoisotopic (exact) mass is 556 g/mol. The van der Waals surface area contributed by atoms with Crippen LogP contribution >= 0.6 is 0 Å². The summed E-state index contributed by atoms with van der Waals surface area (Å²) in [6.07, 6.45) is 8.99. The first kappa shape index (κ1) is 28.3. The summed E-state index contributed by atoms with van der Waals surface area (Å²) in [5.41, 5.74) is -0.0813. The number of aromatic amines is 1. The molecular weight excluding hydrogens is 510 g/mol. The molecule has 220 valence electrons. The van der Waals surface area contributed by atoms with Crippen molar-refractivity contribution in [3.05, 3.63) is 38.9 Å². The Hall–Kier alpha value is -1.86. The van der Waals surface area contributed by atoms with Crippen molar-refractivity contribution in [3.63, 3.8) is 0 Å². The molecule has 6 rings (SSSR count). The number of aromatic nitrogens is 2. The minimum absolute atomic E-state index is 0.145. The number of benzene rings is 1. The van der Waals surface area contributed by atoms with E-state index in [-0.39, 0.29) is 45.1 Å². The van der Waals surface area contributed by atoms with E-state index in [4.69, 9.17) is 0 Å². The fourth-order valence-electron chi connectivity index (χ4n) is 10.4. The van der Waals surface area contributed by atoms with Crippen molar-refractivity contribution in [3.8, 4) is 0 Å². The van der Waals surface area contributed by atoms with Crippen LogP contribution in [0.2, 0.25) is 0 Å². The molecule has 1 heterocycles. The number of fused-ring (bicyclic) bond motifs is 6. The molecule has 0 bridgehead atoms. The molecule has 4 aliphatic carbocycles. The Balaban J connectivity index is 1.20. The third kappa shape index (κ3) is 4.11. The standard InChI is InChI=1S/C33H46F2N2O3/c1-16(6-9-25-36-30-27(31(40)37-25)28(34)17(2)18(3)29(30)35)21-7-8-22-26-23(11-13-33(21,22)5)32(4)12-10-20(38)14-19(32)15-24(26)39/h16,19-24,26,38-39H,6-15H2,1-5H3,(H,36,37,40)/t16-,19+,20-,21-,22?,23?,24-,26+,32+,33-/m1/s1. The Kier molecular flexibility index (Phi) is 6.97. The lowest BCUT2D eigenvalue weighted by atomic mass is 9.43. The van der Waals surface area contributed by atoms with Crippen molar-refractivity contribution in [1.29, 1.82) is 0 Å². The summed E-state index contributed by atoms with van der Waals surface area (Å²) >= 11 is 0. The van der Waals surface area contributed by atoms with Gasteiger partial charge in [0.2, 0.25) is 0 Å². The SMILES string of the molecule is Cc1c(C)c(F)c2c(=O)[nH]c(CC[C@@H](C)[C@H]3CCC4[C@H]5C(CC[C@@]43C)[C@@]3(C)CC[C@@H](O)C[C@H]3C[C@H]5O)nc2c1F. The summed E-state index contributed by atoms with van der Waals surface area (Å²) in [5, 5.41) is 21.5. The third-order valence-corrected chi connectivity index (χ3v) is 12.9. The minimum atomic E-state index is -0.697. The average molecular weight is 557 g/mol. The molecule has 4 fully saturated rings. The van der Waals surface area contributed by atoms with Gasteiger partial charge in [-0.15, -0.1) is 0 Å². The lowest BCUT2D eigenvalue weighted by Gasteiger charge is -2.62. The summed E-state index contributed by atoms with van der Waals surface area (Å²) in [5.74, 6) is 1.75. The number of hydrogen-bond donors (Lipinski definition) is 3. The van der Waals surface area contributed by atoms with E-state index >= 15 is 0 Å². The molecule has 40 heavy (non-hydrogen) atoms. The Morgan fingerprint density at radius 1 is 0.975 bits per heavy atom. The number of nitrogens with one attached hydrogen (secondary N) is 1. The second-order valence-electron chi connectivity index (χ2n) is 14.6. The zero-order chi connectivity index (χ0) is 28.7. The van der Waals surface area contributed by atoms with Gasteiger partial charge in [-0.25, -0.2) is 13.8 Å². The molecule has 2 aromatic rings. The maximum absolute atomic E-state index is 15.0. The highest BCUT2D eigenvalue weighted by molar-refractivity contribution is 5.81. The van der Waals surface area contributed by atoms with E-state index < -0.39 is 17.2 Å². The zero-order valence-electron chi connectivity index (χ0n) is 24.7. The van der Waals surface area contributed by atoms with E-state index in [2.05, 4.69) is 30.7 Å². The molecule has 2 unspecified atom stereocenters. The van der Waals surface area contributed by atoms with Crippen LogP contribution < -0.4 is 5.56 Å². The highest BCUT2D eigenvalue weighted by atomic mass is 19.1. The number of H-pyrrole nitrogens is 1. The highest BCUT2D eigenvalue weighted by Crippen LogP contribution is 2.68. The summed E-state index contributed by atoms with van der Waals surface area (Å²) < 4.78 is 29.8. The van der Waals surface area contributed by atoms with Crippen molar-refractivity contribution < 1.29 is 19.0 Å². The van der Waals surface area contributed by atoms with Gasteiger partial charge >= 0.3 is 0 Å². The van der Waals surface area contributed by atoms with Crippen LogP contribution in [-0.2, 0) is 6.42 Å². The Morgan fingerprint density at radius 3 is 2.40 bits per heavy atom. The average Bonchev–Trinajstić information content (AvgIpc) is 3.27. The predicted octanol–water partition coefficient (Wildman–Crippen LogP) is 6.38. The fraction of sp³-hybridized carbons (Fsp3) is 0.758. The first-order valence-electron chi connectivity index (χ1n) is 15.6. The van der Waals surface area contributed by atoms with Gasteiger partial charge in [0.15, 0.2) is 5.82 Å². The highest BCUT2D eigenvalue weighted by Gasteiger charge is 2.62. The minimum Gasteiger partial charge on any atom is -0.393 e. The van der Waals surface area contributed by atoms with Gasteiger partial charge in [-0.05, 0) is 129 Å². The van der Waals surface area contributed by atoms with Gasteiger partial charge in [-0.1, -0.05) is 20.8 Å². The lowest BCUT2D eigenvalue weighted by molar-refractivity contribution is -0.174. The van der Waals surface area contributed by atoms with Crippen LogP contribution in [0.5, 0.6) is 0 Å². The van der Waals surface area contributed by atoms with Crippen LogP contribution in [-0.4, -0.2) is 32.4 Å². The Labute approximate surface area is 236 Å². The van der Waals surface area contributed by atoms with E-state index in [1.807, 2.05) is 0 Å². The molecular formula is C33H46F2N2O3.